The highest BCUT2D eigenvalue weighted by Gasteiger charge is 2.18. The largest absolute Gasteiger partial charge is 0.326 e. The summed E-state index contributed by atoms with van der Waals surface area (Å²) in [5, 5.41) is 2.96. The summed E-state index contributed by atoms with van der Waals surface area (Å²) in [6.45, 7) is 2.61. The van der Waals surface area contributed by atoms with Crippen molar-refractivity contribution in [2.24, 2.45) is 11.7 Å². The van der Waals surface area contributed by atoms with Crippen LogP contribution in [-0.4, -0.2) is 30.9 Å². The Kier molecular flexibility index (Phi) is 6.21. The number of anilines is 1. The molecule has 0 spiro atoms. The van der Waals surface area contributed by atoms with Gasteiger partial charge in [0.1, 0.15) is 0 Å². The van der Waals surface area contributed by atoms with E-state index in [-0.39, 0.29) is 5.91 Å². The van der Waals surface area contributed by atoms with Crippen molar-refractivity contribution in [2.75, 3.05) is 25.5 Å². The number of benzene rings is 1. The number of hydrogen-bond donors (Lipinski definition) is 2. The number of nitrogens with zero attached hydrogens (tertiary/aromatic N) is 1. The molecule has 0 atom stereocenters. The van der Waals surface area contributed by atoms with Gasteiger partial charge in [0, 0.05) is 25.2 Å². The zero-order valence-electron chi connectivity index (χ0n) is 13.0. The molecule has 1 aliphatic carbocycles. The van der Waals surface area contributed by atoms with Crippen LogP contribution in [0.3, 0.4) is 0 Å². The Morgan fingerprint density at radius 2 is 2.14 bits per heavy atom. The molecule has 0 aliphatic heterocycles. The van der Waals surface area contributed by atoms with E-state index in [1.807, 2.05) is 24.3 Å². The Bertz CT molecular complexity index is 457. The van der Waals surface area contributed by atoms with E-state index in [2.05, 4.69) is 17.3 Å². The molecule has 0 heterocycles. The van der Waals surface area contributed by atoms with E-state index in [1.54, 1.807) is 0 Å². The third-order valence-electron chi connectivity index (χ3n) is 4.25. The molecule has 1 aromatic rings. The van der Waals surface area contributed by atoms with E-state index in [4.69, 9.17) is 5.73 Å². The fourth-order valence-corrected chi connectivity index (χ4v) is 2.75. The van der Waals surface area contributed by atoms with E-state index in [9.17, 15) is 4.79 Å². The third-order valence-corrected chi connectivity index (χ3v) is 4.25. The zero-order valence-corrected chi connectivity index (χ0v) is 13.0. The summed E-state index contributed by atoms with van der Waals surface area (Å²) >= 11 is 0. The molecule has 21 heavy (non-hydrogen) atoms. The molecule has 0 saturated heterocycles. The van der Waals surface area contributed by atoms with Gasteiger partial charge in [0.15, 0.2) is 0 Å². The number of nitrogens with two attached hydrogens (primary N) is 1. The number of hydrogen-bond acceptors (Lipinski definition) is 3. The van der Waals surface area contributed by atoms with Gasteiger partial charge in [-0.1, -0.05) is 24.6 Å². The Balaban J connectivity index is 1.67. The van der Waals surface area contributed by atoms with Crippen molar-refractivity contribution < 1.29 is 4.79 Å². The van der Waals surface area contributed by atoms with Gasteiger partial charge in [-0.25, -0.2) is 0 Å². The second-order valence-electron chi connectivity index (χ2n) is 6.07. The number of rotatable bonds is 8. The topological polar surface area (TPSA) is 58.4 Å². The SMILES string of the molecule is CN(CCCC(=O)Nc1ccccc1CN)CC1CCC1. The van der Waals surface area contributed by atoms with Crippen molar-refractivity contribution in [3.63, 3.8) is 0 Å². The quantitative estimate of drug-likeness (QED) is 0.773. The minimum absolute atomic E-state index is 0.0768. The minimum Gasteiger partial charge on any atom is -0.326 e. The van der Waals surface area contributed by atoms with Crippen molar-refractivity contribution in [3.05, 3.63) is 29.8 Å². The van der Waals surface area contributed by atoms with Gasteiger partial charge in [0.05, 0.1) is 0 Å². The van der Waals surface area contributed by atoms with E-state index in [1.165, 1.54) is 25.8 Å². The monoisotopic (exact) mass is 289 g/mol. The van der Waals surface area contributed by atoms with Crippen molar-refractivity contribution >= 4 is 11.6 Å². The second kappa shape index (κ2) is 8.15. The molecule has 0 unspecified atom stereocenters. The van der Waals surface area contributed by atoms with Crippen LogP contribution in [-0.2, 0) is 11.3 Å². The zero-order chi connectivity index (χ0) is 15.1. The highest BCUT2D eigenvalue weighted by molar-refractivity contribution is 5.91. The molecule has 4 nitrogen and oxygen atoms in total. The van der Waals surface area contributed by atoms with Gasteiger partial charge >= 0.3 is 0 Å². The van der Waals surface area contributed by atoms with E-state index in [0.717, 1.165) is 30.1 Å². The predicted molar refractivity (Wildman–Crippen MR) is 87.0 cm³/mol. The fourth-order valence-electron chi connectivity index (χ4n) is 2.75. The first-order valence-corrected chi connectivity index (χ1v) is 7.95. The highest BCUT2D eigenvalue weighted by atomic mass is 16.1. The lowest BCUT2D eigenvalue weighted by Gasteiger charge is -2.30. The minimum atomic E-state index is 0.0768. The normalized spacial score (nSPS) is 15.0. The summed E-state index contributed by atoms with van der Waals surface area (Å²) in [6, 6.07) is 7.71. The van der Waals surface area contributed by atoms with Crippen LogP contribution in [0.2, 0.25) is 0 Å². The first-order valence-electron chi connectivity index (χ1n) is 7.95. The van der Waals surface area contributed by atoms with Crippen LogP contribution >= 0.6 is 0 Å². The lowest BCUT2D eigenvalue weighted by atomic mass is 9.85. The lowest BCUT2D eigenvalue weighted by Crippen LogP contribution is -2.30. The van der Waals surface area contributed by atoms with Crippen LogP contribution in [0.1, 0.15) is 37.7 Å². The standard InChI is InChI=1S/C17H27N3O/c1-20(13-14-6-4-7-14)11-5-10-17(21)19-16-9-3-2-8-15(16)12-18/h2-3,8-9,14H,4-7,10-13,18H2,1H3,(H,19,21). The van der Waals surface area contributed by atoms with Crippen LogP contribution in [0.4, 0.5) is 5.69 Å². The number of para-hydroxylation sites is 1. The Hall–Kier alpha value is -1.39. The third kappa shape index (κ3) is 5.14. The van der Waals surface area contributed by atoms with Crippen LogP contribution in [0.25, 0.3) is 0 Å². The van der Waals surface area contributed by atoms with Crippen LogP contribution in [0, 0.1) is 5.92 Å². The number of carbonyl (C=O) groups is 1. The van der Waals surface area contributed by atoms with Crippen molar-refractivity contribution in [3.8, 4) is 0 Å². The summed E-state index contributed by atoms with van der Waals surface area (Å²) in [7, 11) is 2.15. The molecule has 116 valence electrons. The molecule has 3 N–H and O–H groups in total. The molecular formula is C17H27N3O. The average molecular weight is 289 g/mol. The maximum Gasteiger partial charge on any atom is 0.224 e. The first-order chi connectivity index (χ1) is 10.2. The fraction of sp³-hybridized carbons (Fsp3) is 0.588. The molecule has 0 radical (unpaired) electrons. The second-order valence-corrected chi connectivity index (χ2v) is 6.07. The Morgan fingerprint density at radius 3 is 2.81 bits per heavy atom. The highest BCUT2D eigenvalue weighted by Crippen LogP contribution is 2.26. The molecular weight excluding hydrogens is 262 g/mol. The first kappa shape index (κ1) is 16.0. The van der Waals surface area contributed by atoms with E-state index in [0.29, 0.717) is 13.0 Å². The van der Waals surface area contributed by atoms with Crippen molar-refractivity contribution in [1.29, 1.82) is 0 Å². The van der Waals surface area contributed by atoms with E-state index >= 15 is 0 Å². The van der Waals surface area contributed by atoms with Crippen LogP contribution in [0.5, 0.6) is 0 Å². The van der Waals surface area contributed by atoms with Gasteiger partial charge in [-0.2, -0.15) is 0 Å². The summed E-state index contributed by atoms with van der Waals surface area (Å²) in [6.07, 6.45) is 5.61. The lowest BCUT2D eigenvalue weighted by molar-refractivity contribution is -0.116. The van der Waals surface area contributed by atoms with Gasteiger partial charge in [-0.15, -0.1) is 0 Å². The molecule has 2 rings (SSSR count). The number of nitrogens with one attached hydrogen (secondary N) is 1. The van der Waals surface area contributed by atoms with Gasteiger partial charge in [-0.05, 0) is 50.4 Å². The van der Waals surface area contributed by atoms with Crippen molar-refractivity contribution in [2.45, 2.75) is 38.6 Å². The average Bonchev–Trinajstić information content (AvgIpc) is 2.43. The molecule has 1 fully saturated rings. The molecule has 4 heteroatoms. The maximum atomic E-state index is 12.0. The molecule has 0 aromatic heterocycles. The molecule has 0 bridgehead atoms. The van der Waals surface area contributed by atoms with Gasteiger partial charge in [0.2, 0.25) is 5.91 Å². The Morgan fingerprint density at radius 1 is 1.38 bits per heavy atom. The van der Waals surface area contributed by atoms with Crippen LogP contribution in [0.15, 0.2) is 24.3 Å². The molecule has 1 saturated carbocycles. The van der Waals surface area contributed by atoms with Crippen molar-refractivity contribution in [1.82, 2.24) is 4.90 Å². The van der Waals surface area contributed by atoms with Gasteiger partial charge < -0.3 is 16.0 Å². The van der Waals surface area contributed by atoms with Gasteiger partial charge in [-0.3, -0.25) is 4.79 Å². The number of amides is 1. The van der Waals surface area contributed by atoms with E-state index < -0.39 is 0 Å². The summed E-state index contributed by atoms with van der Waals surface area (Å²) in [5.41, 5.74) is 7.49. The summed E-state index contributed by atoms with van der Waals surface area (Å²) < 4.78 is 0. The molecule has 1 aromatic carbocycles. The smallest absolute Gasteiger partial charge is 0.224 e. The van der Waals surface area contributed by atoms with Crippen LogP contribution < -0.4 is 11.1 Å². The maximum absolute atomic E-state index is 12.0. The summed E-state index contributed by atoms with van der Waals surface area (Å²) in [4.78, 5) is 14.3. The molecule has 1 aliphatic rings. The predicted octanol–water partition coefficient (Wildman–Crippen LogP) is 2.60. The van der Waals surface area contributed by atoms with Gasteiger partial charge in [0.25, 0.3) is 0 Å². The summed E-state index contributed by atoms with van der Waals surface area (Å²) in [5.74, 6) is 0.966. The molecule has 1 amide bonds. The number of carbonyl (C=O) groups excluding carboxylic acids is 1. The Labute approximate surface area is 127 Å².